The van der Waals surface area contributed by atoms with Crippen LogP contribution in [0.25, 0.3) is 0 Å². The molecule has 0 spiro atoms. The molecule has 1 aromatic heterocycles. The summed E-state index contributed by atoms with van der Waals surface area (Å²) in [6.07, 6.45) is 2.57. The average Bonchev–Trinajstić information content (AvgIpc) is 3.77. The molecule has 248 valence electrons. The van der Waals surface area contributed by atoms with Crippen molar-refractivity contribution < 1.29 is 29.0 Å². The number of phenolic OH excluding ortho intramolecular Hbond substituents is 1. The van der Waals surface area contributed by atoms with Crippen LogP contribution in [0.5, 0.6) is 11.5 Å². The first-order chi connectivity index (χ1) is 23.7. The van der Waals surface area contributed by atoms with E-state index in [4.69, 9.17) is 16.3 Å². The fourth-order valence-corrected chi connectivity index (χ4v) is 10.3. The number of allylic oxidation sites excluding steroid dienone is 2. The second-order valence-electron chi connectivity index (χ2n) is 13.0. The van der Waals surface area contributed by atoms with Crippen molar-refractivity contribution in [2.75, 3.05) is 12.0 Å². The molecule has 2 saturated heterocycles. The standard InChI is InChI=1S/C38H30ClIN2O6S/c1-48-30-16-20(15-29(40)33(30)43)32-25-12-13-26-31(36(46)41(34(26)44)19-24-11-6-14-49-24)27(25)18-28-35(45)42(23-10-5-9-22(39)17-23)37(47)38(28,32)21-7-3-2-4-8-21/h2-12,14-17,26-28,31-32,43H,13,18-19H2,1H3/t26-,27+,28-,31-,32-,38+/m0/s1. The third-order valence-electron chi connectivity index (χ3n) is 10.8. The van der Waals surface area contributed by atoms with Crippen molar-refractivity contribution in [3.05, 3.63) is 120 Å². The van der Waals surface area contributed by atoms with E-state index in [1.54, 1.807) is 30.3 Å². The molecule has 3 aromatic carbocycles. The fraction of sp³-hybridized carbons (Fsp3) is 0.263. The lowest BCUT2D eigenvalue weighted by atomic mass is 9.49. The van der Waals surface area contributed by atoms with Crippen LogP contribution in [0.2, 0.25) is 5.02 Å². The predicted molar refractivity (Wildman–Crippen MR) is 193 cm³/mol. The predicted octanol–water partition coefficient (Wildman–Crippen LogP) is 7.08. The number of phenols is 1. The zero-order chi connectivity index (χ0) is 34.2. The number of carbonyl (C=O) groups excluding carboxylic acids is 4. The van der Waals surface area contributed by atoms with Gasteiger partial charge in [0.1, 0.15) is 0 Å². The largest absolute Gasteiger partial charge is 0.504 e. The quantitative estimate of drug-likeness (QED) is 0.127. The normalized spacial score (nSPS) is 27.6. The summed E-state index contributed by atoms with van der Waals surface area (Å²) in [7, 11) is 1.47. The first-order valence-electron chi connectivity index (χ1n) is 16.0. The Morgan fingerprint density at radius 3 is 2.47 bits per heavy atom. The van der Waals surface area contributed by atoms with Crippen LogP contribution in [-0.2, 0) is 31.1 Å². The molecule has 3 fully saturated rings. The summed E-state index contributed by atoms with van der Waals surface area (Å²) in [5.41, 5.74) is 1.14. The monoisotopic (exact) mass is 804 g/mol. The summed E-state index contributed by atoms with van der Waals surface area (Å²) in [5.74, 6) is -4.33. The molecule has 6 atom stereocenters. The van der Waals surface area contributed by atoms with Crippen molar-refractivity contribution in [2.45, 2.75) is 30.7 Å². The molecular weight excluding hydrogens is 775 g/mol. The number of halogens is 2. The Morgan fingerprint density at radius 2 is 1.76 bits per heavy atom. The Bertz CT molecular complexity index is 2070. The van der Waals surface area contributed by atoms with E-state index in [0.717, 1.165) is 10.5 Å². The number of ether oxygens (including phenoxy) is 1. The first-order valence-corrected chi connectivity index (χ1v) is 18.3. The average molecular weight is 805 g/mol. The number of fused-ring (bicyclic) bond motifs is 4. The van der Waals surface area contributed by atoms with E-state index >= 15 is 4.79 Å². The van der Waals surface area contributed by atoms with Gasteiger partial charge in [-0.05, 0) is 94.3 Å². The first kappa shape index (κ1) is 32.2. The summed E-state index contributed by atoms with van der Waals surface area (Å²) in [5, 5.41) is 13.2. The topological polar surface area (TPSA) is 104 Å². The molecule has 2 aliphatic heterocycles. The number of aromatic hydroxyl groups is 1. The second-order valence-corrected chi connectivity index (χ2v) is 15.6. The highest BCUT2D eigenvalue weighted by Crippen LogP contribution is 2.65. The van der Waals surface area contributed by atoms with Crippen molar-refractivity contribution in [3.8, 4) is 11.5 Å². The van der Waals surface area contributed by atoms with Crippen LogP contribution < -0.4 is 9.64 Å². The van der Waals surface area contributed by atoms with E-state index in [2.05, 4.69) is 0 Å². The van der Waals surface area contributed by atoms with Gasteiger partial charge in [-0.3, -0.25) is 24.1 Å². The van der Waals surface area contributed by atoms with Crippen LogP contribution in [0.4, 0.5) is 5.69 Å². The zero-order valence-electron chi connectivity index (χ0n) is 26.2. The highest BCUT2D eigenvalue weighted by atomic mass is 127. The van der Waals surface area contributed by atoms with E-state index in [9.17, 15) is 19.5 Å². The third-order valence-corrected chi connectivity index (χ3v) is 12.7. The Kier molecular flexibility index (Phi) is 7.96. The molecule has 0 bridgehead atoms. The number of benzene rings is 3. The van der Waals surface area contributed by atoms with E-state index in [-0.39, 0.29) is 42.2 Å². The van der Waals surface area contributed by atoms with Crippen molar-refractivity contribution in [3.63, 3.8) is 0 Å². The summed E-state index contributed by atoms with van der Waals surface area (Å²) >= 11 is 9.93. The van der Waals surface area contributed by atoms with Crippen molar-refractivity contribution in [1.82, 2.24) is 4.90 Å². The number of hydrogen-bond donors (Lipinski definition) is 1. The molecule has 2 aliphatic carbocycles. The Balaban J connectivity index is 1.36. The molecule has 0 radical (unpaired) electrons. The Labute approximate surface area is 305 Å². The van der Waals surface area contributed by atoms with Gasteiger partial charge in [0.2, 0.25) is 23.6 Å². The number of methoxy groups -OCH3 is 1. The third kappa shape index (κ3) is 4.74. The van der Waals surface area contributed by atoms with Gasteiger partial charge in [-0.1, -0.05) is 65.7 Å². The van der Waals surface area contributed by atoms with Gasteiger partial charge in [-0.2, -0.15) is 0 Å². The molecule has 49 heavy (non-hydrogen) atoms. The maximum absolute atomic E-state index is 15.3. The lowest BCUT2D eigenvalue weighted by Gasteiger charge is -2.50. The molecule has 8 nitrogen and oxygen atoms in total. The maximum Gasteiger partial charge on any atom is 0.246 e. The minimum Gasteiger partial charge on any atom is -0.504 e. The van der Waals surface area contributed by atoms with Gasteiger partial charge >= 0.3 is 0 Å². The molecule has 0 unspecified atom stereocenters. The number of thiophene rings is 1. The maximum atomic E-state index is 15.3. The summed E-state index contributed by atoms with van der Waals surface area (Å²) in [6, 6.07) is 23.4. The minimum absolute atomic E-state index is 0.0302. The van der Waals surface area contributed by atoms with Crippen molar-refractivity contribution in [2.24, 2.45) is 23.7 Å². The number of carbonyl (C=O) groups is 4. The summed E-state index contributed by atoms with van der Waals surface area (Å²) in [4.78, 5) is 61.9. The number of likely N-dealkylation sites (tertiary alicyclic amines) is 1. The zero-order valence-corrected chi connectivity index (χ0v) is 29.9. The van der Waals surface area contributed by atoms with Crippen LogP contribution in [-0.4, -0.2) is 40.7 Å². The smallest absolute Gasteiger partial charge is 0.246 e. The van der Waals surface area contributed by atoms with Crippen LogP contribution in [0, 0.1) is 27.2 Å². The molecule has 1 N–H and O–H groups in total. The number of nitrogens with zero attached hydrogens (tertiary/aromatic N) is 2. The highest BCUT2D eigenvalue weighted by Gasteiger charge is 2.70. The summed E-state index contributed by atoms with van der Waals surface area (Å²) < 4.78 is 6.12. The van der Waals surface area contributed by atoms with E-state index in [1.807, 2.05) is 82.6 Å². The molecule has 4 aromatic rings. The van der Waals surface area contributed by atoms with Gasteiger partial charge in [0.15, 0.2) is 11.5 Å². The lowest BCUT2D eigenvalue weighted by Crippen LogP contribution is -2.53. The van der Waals surface area contributed by atoms with Crippen LogP contribution >= 0.6 is 45.5 Å². The number of hydrogen-bond acceptors (Lipinski definition) is 7. The van der Waals surface area contributed by atoms with Gasteiger partial charge in [0.05, 0.1) is 46.1 Å². The van der Waals surface area contributed by atoms with Gasteiger partial charge in [-0.25, -0.2) is 4.90 Å². The van der Waals surface area contributed by atoms with Gasteiger partial charge < -0.3 is 9.84 Å². The van der Waals surface area contributed by atoms with Crippen LogP contribution in [0.3, 0.4) is 0 Å². The number of rotatable bonds is 6. The van der Waals surface area contributed by atoms with Crippen molar-refractivity contribution in [1.29, 1.82) is 0 Å². The fourth-order valence-electron chi connectivity index (χ4n) is 8.81. The van der Waals surface area contributed by atoms with Crippen LogP contribution in [0.15, 0.2) is 95.9 Å². The molecule has 1 saturated carbocycles. The second kappa shape index (κ2) is 12.1. The van der Waals surface area contributed by atoms with E-state index in [1.165, 1.54) is 28.2 Å². The van der Waals surface area contributed by atoms with Gasteiger partial charge in [-0.15, -0.1) is 11.3 Å². The number of imide groups is 2. The van der Waals surface area contributed by atoms with Gasteiger partial charge in [0, 0.05) is 15.8 Å². The molecular formula is C38H30ClIN2O6S. The lowest BCUT2D eigenvalue weighted by molar-refractivity contribution is -0.141. The molecule has 4 amide bonds. The minimum atomic E-state index is -1.41. The highest BCUT2D eigenvalue weighted by molar-refractivity contribution is 14.1. The SMILES string of the molecule is COc1cc([C@H]2C3=CC[C@@H]4C(=O)N(Cc5cccs5)C(=O)[C@@H]4[C@@H]3C[C@H]3C(=O)N(c4cccc(Cl)c4)C(=O)[C@@]23c2ccccc2)cc(I)c1O. The van der Waals surface area contributed by atoms with Gasteiger partial charge in [0.25, 0.3) is 0 Å². The van der Waals surface area contributed by atoms with Crippen LogP contribution in [0.1, 0.15) is 34.8 Å². The molecule has 3 heterocycles. The molecule has 11 heteroatoms. The van der Waals surface area contributed by atoms with Crippen molar-refractivity contribution >= 4 is 74.8 Å². The van der Waals surface area contributed by atoms with E-state index < -0.39 is 40.9 Å². The molecule has 4 aliphatic rings. The Hall–Kier alpha value is -4.00. The molecule has 8 rings (SSSR count). The van der Waals surface area contributed by atoms with E-state index in [0.29, 0.717) is 31.8 Å². The number of amides is 4. The number of anilines is 1. The summed E-state index contributed by atoms with van der Waals surface area (Å²) in [6.45, 7) is 0.207. The Morgan fingerprint density at radius 1 is 0.959 bits per heavy atom.